The number of hydrogen-bond acceptors (Lipinski definition) is 6. The molecule has 0 aliphatic carbocycles. The fraction of sp³-hybridized carbons (Fsp3) is 0.200. The highest BCUT2D eigenvalue weighted by Crippen LogP contribution is 2.27. The predicted octanol–water partition coefficient (Wildman–Crippen LogP) is 5.77. The molecule has 164 valence electrons. The molecule has 0 bridgehead atoms. The number of hydrogen-bond donors (Lipinski definition) is 2. The van der Waals surface area contributed by atoms with Gasteiger partial charge in [-0.25, -0.2) is 5.43 Å². The van der Waals surface area contributed by atoms with Gasteiger partial charge in [0.05, 0.1) is 17.6 Å². The van der Waals surface area contributed by atoms with Crippen molar-refractivity contribution >= 4 is 23.5 Å². The smallest absolute Gasteiger partial charge is 0.277 e. The van der Waals surface area contributed by atoms with Gasteiger partial charge < -0.3 is 9.84 Å². The standard InChI is InChI=1S/C25H26N4O3/c1-17(2)22-11-9-18(3)13-24(22)32-16-25(31)29-26-15-19-14-21(10-12-23(19)30)28-27-20-7-5-4-6-8-20/h4-15,17,30H,16H2,1-3H3,(H,29,31)/b26-15-,28-27?. The molecule has 0 aromatic heterocycles. The summed E-state index contributed by atoms with van der Waals surface area (Å²) >= 11 is 0. The van der Waals surface area contributed by atoms with E-state index >= 15 is 0 Å². The number of ether oxygens (including phenoxy) is 1. The van der Waals surface area contributed by atoms with Crippen LogP contribution in [0.1, 0.15) is 36.5 Å². The van der Waals surface area contributed by atoms with E-state index in [2.05, 4.69) is 34.6 Å². The first-order valence-corrected chi connectivity index (χ1v) is 10.3. The number of nitrogens with one attached hydrogen (secondary N) is 1. The zero-order valence-electron chi connectivity index (χ0n) is 18.3. The second-order valence-corrected chi connectivity index (χ2v) is 7.56. The number of benzene rings is 3. The first kappa shape index (κ1) is 22.7. The fourth-order valence-corrected chi connectivity index (χ4v) is 2.91. The van der Waals surface area contributed by atoms with Crippen molar-refractivity contribution in [1.29, 1.82) is 0 Å². The van der Waals surface area contributed by atoms with E-state index in [0.717, 1.165) is 16.8 Å². The van der Waals surface area contributed by atoms with Gasteiger partial charge in [-0.05, 0) is 60.4 Å². The van der Waals surface area contributed by atoms with Crippen molar-refractivity contribution in [3.63, 3.8) is 0 Å². The Morgan fingerprint density at radius 3 is 2.53 bits per heavy atom. The molecular weight excluding hydrogens is 404 g/mol. The van der Waals surface area contributed by atoms with E-state index in [9.17, 15) is 9.90 Å². The van der Waals surface area contributed by atoms with Gasteiger partial charge in [0.1, 0.15) is 11.5 Å². The molecule has 7 nitrogen and oxygen atoms in total. The molecule has 0 unspecified atom stereocenters. The van der Waals surface area contributed by atoms with Crippen molar-refractivity contribution in [2.24, 2.45) is 15.3 Å². The summed E-state index contributed by atoms with van der Waals surface area (Å²) in [7, 11) is 0. The SMILES string of the molecule is Cc1ccc(C(C)C)c(OCC(=O)N/N=C\c2cc(N=Nc3ccccc3)ccc2O)c1. The summed E-state index contributed by atoms with van der Waals surface area (Å²) in [6.07, 6.45) is 1.35. The maximum absolute atomic E-state index is 12.1. The molecule has 0 aliphatic heterocycles. The largest absolute Gasteiger partial charge is 0.507 e. The summed E-state index contributed by atoms with van der Waals surface area (Å²) in [5.41, 5.74) is 6.17. The van der Waals surface area contributed by atoms with Gasteiger partial charge in [0.15, 0.2) is 6.61 Å². The Bertz CT molecular complexity index is 1130. The number of nitrogens with zero attached hydrogens (tertiary/aromatic N) is 3. The molecule has 0 saturated carbocycles. The number of aryl methyl sites for hydroxylation is 1. The van der Waals surface area contributed by atoms with Crippen molar-refractivity contribution in [3.05, 3.63) is 83.4 Å². The molecule has 0 atom stereocenters. The molecule has 0 fully saturated rings. The Hall–Kier alpha value is -4.00. The van der Waals surface area contributed by atoms with Gasteiger partial charge in [-0.15, -0.1) is 0 Å². The number of azo groups is 1. The maximum Gasteiger partial charge on any atom is 0.277 e. The first-order valence-electron chi connectivity index (χ1n) is 10.3. The normalized spacial score (nSPS) is 11.4. The van der Waals surface area contributed by atoms with Crippen LogP contribution in [0.2, 0.25) is 0 Å². The van der Waals surface area contributed by atoms with E-state index in [1.165, 1.54) is 12.3 Å². The van der Waals surface area contributed by atoms with E-state index in [-0.39, 0.29) is 18.3 Å². The Balaban J connectivity index is 1.59. The van der Waals surface area contributed by atoms with Crippen LogP contribution in [0.15, 0.2) is 82.1 Å². The van der Waals surface area contributed by atoms with E-state index in [1.807, 2.05) is 55.5 Å². The summed E-state index contributed by atoms with van der Waals surface area (Å²) in [4.78, 5) is 12.1. The zero-order valence-corrected chi connectivity index (χ0v) is 18.3. The molecule has 7 heteroatoms. The van der Waals surface area contributed by atoms with Crippen molar-refractivity contribution < 1.29 is 14.6 Å². The lowest BCUT2D eigenvalue weighted by molar-refractivity contribution is -0.123. The van der Waals surface area contributed by atoms with Gasteiger partial charge in [0.25, 0.3) is 5.91 Å². The molecule has 0 aliphatic rings. The van der Waals surface area contributed by atoms with Gasteiger partial charge in [0, 0.05) is 5.56 Å². The number of aromatic hydroxyl groups is 1. The molecule has 3 aromatic carbocycles. The maximum atomic E-state index is 12.1. The minimum absolute atomic E-state index is 0.0132. The lowest BCUT2D eigenvalue weighted by atomic mass is 10.0. The molecule has 0 heterocycles. The van der Waals surface area contributed by atoms with Crippen LogP contribution in [0.5, 0.6) is 11.5 Å². The Morgan fingerprint density at radius 1 is 1.03 bits per heavy atom. The van der Waals surface area contributed by atoms with Gasteiger partial charge in [-0.3, -0.25) is 4.79 Å². The number of phenols is 1. The number of carbonyl (C=O) groups is 1. The van der Waals surface area contributed by atoms with Gasteiger partial charge in [-0.1, -0.05) is 44.2 Å². The molecule has 0 saturated heterocycles. The molecule has 1 amide bonds. The Morgan fingerprint density at radius 2 is 1.78 bits per heavy atom. The van der Waals surface area contributed by atoms with Crippen molar-refractivity contribution in [3.8, 4) is 11.5 Å². The van der Waals surface area contributed by atoms with Crippen molar-refractivity contribution in [1.82, 2.24) is 5.43 Å². The van der Waals surface area contributed by atoms with Crippen LogP contribution >= 0.6 is 0 Å². The van der Waals surface area contributed by atoms with Crippen LogP contribution < -0.4 is 10.2 Å². The molecular formula is C25H26N4O3. The minimum atomic E-state index is -0.406. The third kappa shape index (κ3) is 6.50. The highest BCUT2D eigenvalue weighted by molar-refractivity contribution is 5.86. The second kappa shape index (κ2) is 10.9. The lowest BCUT2D eigenvalue weighted by Gasteiger charge is -2.14. The predicted molar refractivity (Wildman–Crippen MR) is 125 cm³/mol. The molecule has 32 heavy (non-hydrogen) atoms. The van der Waals surface area contributed by atoms with Crippen LogP contribution in [-0.4, -0.2) is 23.8 Å². The van der Waals surface area contributed by atoms with Gasteiger partial charge in [0.2, 0.25) is 0 Å². The summed E-state index contributed by atoms with van der Waals surface area (Å²) in [6, 6.07) is 20.0. The number of carbonyl (C=O) groups excluding carboxylic acids is 1. The average molecular weight is 431 g/mol. The fourth-order valence-electron chi connectivity index (χ4n) is 2.91. The third-order valence-electron chi connectivity index (χ3n) is 4.59. The third-order valence-corrected chi connectivity index (χ3v) is 4.59. The average Bonchev–Trinajstić information content (AvgIpc) is 2.78. The topological polar surface area (TPSA) is 95.6 Å². The monoisotopic (exact) mass is 430 g/mol. The van der Waals surface area contributed by atoms with E-state index < -0.39 is 5.91 Å². The van der Waals surface area contributed by atoms with Gasteiger partial charge in [-0.2, -0.15) is 15.3 Å². The van der Waals surface area contributed by atoms with E-state index in [1.54, 1.807) is 12.1 Å². The van der Waals surface area contributed by atoms with Crippen LogP contribution in [0, 0.1) is 6.92 Å². The number of phenolic OH excluding ortho intramolecular Hbond substituents is 1. The minimum Gasteiger partial charge on any atom is -0.507 e. The summed E-state index contributed by atoms with van der Waals surface area (Å²) in [6.45, 7) is 5.95. The highest BCUT2D eigenvalue weighted by atomic mass is 16.5. The highest BCUT2D eigenvalue weighted by Gasteiger charge is 2.10. The summed E-state index contributed by atoms with van der Waals surface area (Å²) in [5, 5.41) is 22.3. The molecule has 3 rings (SSSR count). The first-order chi connectivity index (χ1) is 15.4. The molecule has 0 radical (unpaired) electrons. The zero-order chi connectivity index (χ0) is 22.9. The number of amides is 1. The summed E-state index contributed by atoms with van der Waals surface area (Å²) in [5.74, 6) is 0.574. The lowest BCUT2D eigenvalue weighted by Crippen LogP contribution is -2.25. The van der Waals surface area contributed by atoms with Crippen LogP contribution in [-0.2, 0) is 4.79 Å². The quantitative estimate of drug-likeness (QED) is 0.270. The molecule has 3 aromatic rings. The Labute approximate surface area is 187 Å². The van der Waals surface area contributed by atoms with Gasteiger partial charge >= 0.3 is 0 Å². The van der Waals surface area contributed by atoms with Crippen molar-refractivity contribution in [2.75, 3.05) is 6.61 Å². The number of rotatable bonds is 8. The van der Waals surface area contributed by atoms with Crippen LogP contribution in [0.25, 0.3) is 0 Å². The summed E-state index contributed by atoms with van der Waals surface area (Å²) < 4.78 is 5.70. The van der Waals surface area contributed by atoms with Crippen molar-refractivity contribution in [2.45, 2.75) is 26.7 Å². The van der Waals surface area contributed by atoms with Crippen LogP contribution in [0.4, 0.5) is 11.4 Å². The second-order valence-electron chi connectivity index (χ2n) is 7.56. The Kier molecular flexibility index (Phi) is 7.70. The molecule has 0 spiro atoms. The number of hydrazone groups is 1. The van der Waals surface area contributed by atoms with E-state index in [4.69, 9.17) is 4.74 Å². The van der Waals surface area contributed by atoms with Crippen LogP contribution in [0.3, 0.4) is 0 Å². The van der Waals surface area contributed by atoms with E-state index in [0.29, 0.717) is 17.0 Å². The molecule has 2 N–H and O–H groups in total.